The summed E-state index contributed by atoms with van der Waals surface area (Å²) in [6, 6.07) is 4.55. The lowest BCUT2D eigenvalue weighted by Gasteiger charge is -2.10. The highest BCUT2D eigenvalue weighted by atomic mass is 127. The number of hydroxylamine groups is 1. The van der Waals surface area contributed by atoms with Crippen LogP contribution in [0.25, 0.3) is 5.69 Å². The van der Waals surface area contributed by atoms with Crippen LogP contribution in [0.1, 0.15) is 23.5 Å². The van der Waals surface area contributed by atoms with Crippen molar-refractivity contribution < 1.29 is 14.0 Å². The Morgan fingerprint density at radius 3 is 2.73 bits per heavy atom. The molecule has 0 spiro atoms. The molecular formula is C14H15FIN3O3. The molecule has 0 unspecified atom stereocenters. The summed E-state index contributed by atoms with van der Waals surface area (Å²) < 4.78 is 15.9. The van der Waals surface area contributed by atoms with Gasteiger partial charge in [0.25, 0.3) is 5.91 Å². The van der Waals surface area contributed by atoms with Gasteiger partial charge in [0.2, 0.25) is 5.43 Å². The van der Waals surface area contributed by atoms with E-state index in [1.54, 1.807) is 6.07 Å². The summed E-state index contributed by atoms with van der Waals surface area (Å²) in [5.41, 5.74) is 1.53. The molecule has 2 aromatic rings. The number of halogens is 2. The summed E-state index contributed by atoms with van der Waals surface area (Å²) in [5.74, 6) is -1.29. The topological polar surface area (TPSA) is 73.2 Å². The molecule has 0 saturated carbocycles. The Kier molecular flexibility index (Phi) is 6.18. The highest BCUT2D eigenvalue weighted by Crippen LogP contribution is 2.15. The average molecular weight is 419 g/mol. The maximum Gasteiger partial charge on any atom is 0.299 e. The van der Waals surface area contributed by atoms with Gasteiger partial charge in [-0.25, -0.2) is 14.6 Å². The SMILES string of the molecule is C.CONC(=O)c1nn(-c2ccc(I)cc2F)cc(C)c1=O. The molecule has 1 heterocycles. The summed E-state index contributed by atoms with van der Waals surface area (Å²) in [4.78, 5) is 28.1. The molecule has 0 saturated heterocycles. The molecule has 6 nitrogen and oxygen atoms in total. The van der Waals surface area contributed by atoms with E-state index >= 15 is 0 Å². The molecule has 22 heavy (non-hydrogen) atoms. The maximum atomic E-state index is 14.0. The second kappa shape index (κ2) is 7.45. The van der Waals surface area contributed by atoms with E-state index in [1.165, 1.54) is 32.4 Å². The minimum atomic E-state index is -0.786. The van der Waals surface area contributed by atoms with Gasteiger partial charge in [-0.15, -0.1) is 0 Å². The van der Waals surface area contributed by atoms with Crippen molar-refractivity contribution >= 4 is 28.5 Å². The number of amides is 1. The summed E-state index contributed by atoms with van der Waals surface area (Å²) >= 11 is 1.98. The number of hydrogen-bond acceptors (Lipinski definition) is 4. The van der Waals surface area contributed by atoms with Gasteiger partial charge in [0, 0.05) is 15.3 Å². The van der Waals surface area contributed by atoms with Crippen LogP contribution >= 0.6 is 22.6 Å². The van der Waals surface area contributed by atoms with Crippen molar-refractivity contribution in [3.05, 3.63) is 55.3 Å². The van der Waals surface area contributed by atoms with Crippen molar-refractivity contribution in [3.8, 4) is 5.69 Å². The Balaban J connectivity index is 0.00000242. The van der Waals surface area contributed by atoms with Gasteiger partial charge >= 0.3 is 0 Å². The van der Waals surface area contributed by atoms with Crippen molar-refractivity contribution in [2.24, 2.45) is 0 Å². The van der Waals surface area contributed by atoms with E-state index in [4.69, 9.17) is 0 Å². The minimum Gasteiger partial charge on any atom is -0.287 e. The van der Waals surface area contributed by atoms with Crippen LogP contribution in [0, 0.1) is 16.3 Å². The third-order valence-corrected chi connectivity index (χ3v) is 3.33. The predicted octanol–water partition coefficient (Wildman–Crippen LogP) is 2.21. The van der Waals surface area contributed by atoms with Gasteiger partial charge in [-0.2, -0.15) is 5.10 Å². The summed E-state index contributed by atoms with van der Waals surface area (Å²) in [6.45, 7) is 1.52. The van der Waals surface area contributed by atoms with Crippen LogP contribution in [-0.4, -0.2) is 22.8 Å². The van der Waals surface area contributed by atoms with E-state index in [1.807, 2.05) is 28.1 Å². The largest absolute Gasteiger partial charge is 0.299 e. The second-order valence-corrected chi connectivity index (χ2v) is 5.41. The van der Waals surface area contributed by atoms with Crippen LogP contribution in [0.5, 0.6) is 0 Å². The van der Waals surface area contributed by atoms with E-state index < -0.39 is 17.2 Å². The van der Waals surface area contributed by atoms with Crippen LogP contribution in [0.15, 0.2) is 29.2 Å². The first-order valence-corrected chi connectivity index (χ1v) is 6.91. The smallest absolute Gasteiger partial charge is 0.287 e. The molecule has 1 aromatic carbocycles. The Labute approximate surface area is 140 Å². The normalized spacial score (nSPS) is 10.0. The molecule has 1 N–H and O–H groups in total. The van der Waals surface area contributed by atoms with E-state index in [-0.39, 0.29) is 24.4 Å². The molecule has 2 rings (SSSR count). The van der Waals surface area contributed by atoms with Gasteiger partial charge in [-0.1, -0.05) is 7.43 Å². The monoisotopic (exact) mass is 419 g/mol. The zero-order valence-electron chi connectivity index (χ0n) is 11.2. The Bertz CT molecular complexity index is 761. The lowest BCUT2D eigenvalue weighted by atomic mass is 10.2. The molecule has 8 heteroatoms. The lowest BCUT2D eigenvalue weighted by molar-refractivity contribution is 0.0529. The summed E-state index contributed by atoms with van der Waals surface area (Å²) in [7, 11) is 1.24. The Morgan fingerprint density at radius 2 is 2.14 bits per heavy atom. The first-order chi connectivity index (χ1) is 9.93. The fraction of sp³-hybridized carbons (Fsp3) is 0.214. The van der Waals surface area contributed by atoms with Crippen LogP contribution < -0.4 is 10.9 Å². The highest BCUT2D eigenvalue weighted by molar-refractivity contribution is 14.1. The highest BCUT2D eigenvalue weighted by Gasteiger charge is 2.16. The van der Waals surface area contributed by atoms with Gasteiger partial charge in [0.15, 0.2) is 5.69 Å². The van der Waals surface area contributed by atoms with E-state index in [0.29, 0.717) is 0 Å². The van der Waals surface area contributed by atoms with Crippen molar-refractivity contribution in [2.45, 2.75) is 14.4 Å². The van der Waals surface area contributed by atoms with Crippen molar-refractivity contribution in [1.82, 2.24) is 15.3 Å². The third kappa shape index (κ3) is 3.69. The molecule has 118 valence electrons. The number of carbonyl (C=O) groups excluding carboxylic acids is 1. The van der Waals surface area contributed by atoms with E-state index in [0.717, 1.165) is 8.25 Å². The van der Waals surface area contributed by atoms with Gasteiger partial charge in [0.05, 0.1) is 7.11 Å². The fourth-order valence-corrected chi connectivity index (χ4v) is 2.14. The molecule has 0 aliphatic carbocycles. The number of nitrogens with zero attached hydrogens (tertiary/aromatic N) is 2. The molecule has 0 atom stereocenters. The lowest BCUT2D eigenvalue weighted by Crippen LogP contribution is -2.32. The molecule has 0 fully saturated rings. The number of aromatic nitrogens is 2. The third-order valence-electron chi connectivity index (χ3n) is 2.66. The number of aryl methyl sites for hydroxylation is 1. The quantitative estimate of drug-likeness (QED) is 0.612. The van der Waals surface area contributed by atoms with Crippen molar-refractivity contribution in [2.75, 3.05) is 7.11 Å². The van der Waals surface area contributed by atoms with Gasteiger partial charge in [-0.05, 0) is 47.7 Å². The predicted molar refractivity (Wildman–Crippen MR) is 88.5 cm³/mol. The van der Waals surface area contributed by atoms with Crippen LogP contribution in [-0.2, 0) is 4.84 Å². The number of hydrogen-bond donors (Lipinski definition) is 1. The summed E-state index contributed by atoms with van der Waals surface area (Å²) in [6.07, 6.45) is 1.37. The molecule has 0 aliphatic rings. The second-order valence-electron chi connectivity index (χ2n) is 4.17. The molecule has 1 amide bonds. The van der Waals surface area contributed by atoms with Crippen molar-refractivity contribution in [3.63, 3.8) is 0 Å². The number of carbonyl (C=O) groups is 1. The van der Waals surface area contributed by atoms with Crippen molar-refractivity contribution in [1.29, 1.82) is 0 Å². The first-order valence-electron chi connectivity index (χ1n) is 5.83. The summed E-state index contributed by atoms with van der Waals surface area (Å²) in [5, 5.41) is 3.88. The van der Waals surface area contributed by atoms with Gasteiger partial charge < -0.3 is 0 Å². The number of benzene rings is 1. The van der Waals surface area contributed by atoms with E-state index in [2.05, 4.69) is 9.94 Å². The zero-order valence-corrected chi connectivity index (χ0v) is 13.3. The average Bonchev–Trinajstić information content (AvgIpc) is 2.42. The first kappa shape index (κ1) is 18.2. The molecule has 0 radical (unpaired) electrons. The number of nitrogens with one attached hydrogen (secondary N) is 1. The van der Waals surface area contributed by atoms with E-state index in [9.17, 15) is 14.0 Å². The van der Waals surface area contributed by atoms with Crippen LogP contribution in [0.2, 0.25) is 0 Å². The standard InChI is InChI=1S/C13H11FIN3O3.CH4/c1-7-6-18(10-4-3-8(15)5-9(10)14)16-11(12(7)19)13(20)17-21-2;/h3-6H,1-2H3,(H,17,20);1H4. The molecule has 0 aliphatic heterocycles. The Morgan fingerprint density at radius 1 is 1.45 bits per heavy atom. The molecular weight excluding hydrogens is 404 g/mol. The zero-order chi connectivity index (χ0) is 15.6. The minimum absolute atomic E-state index is 0. The fourth-order valence-electron chi connectivity index (χ4n) is 1.69. The Hall–Kier alpha value is -1.81. The molecule has 1 aromatic heterocycles. The maximum absolute atomic E-state index is 14.0. The van der Waals surface area contributed by atoms with Gasteiger partial charge in [0.1, 0.15) is 11.5 Å². The van der Waals surface area contributed by atoms with Crippen LogP contribution in [0.3, 0.4) is 0 Å². The van der Waals surface area contributed by atoms with Crippen LogP contribution in [0.4, 0.5) is 4.39 Å². The van der Waals surface area contributed by atoms with Gasteiger partial charge in [-0.3, -0.25) is 14.4 Å². The molecule has 0 bridgehead atoms. The number of rotatable bonds is 3.